The van der Waals surface area contributed by atoms with Gasteiger partial charge in [0.1, 0.15) is 16.4 Å². The van der Waals surface area contributed by atoms with E-state index in [0.29, 0.717) is 0 Å². The fourth-order valence-corrected chi connectivity index (χ4v) is 2.76. The van der Waals surface area contributed by atoms with Gasteiger partial charge in [-0.05, 0) is 36.5 Å². The lowest BCUT2D eigenvalue weighted by Gasteiger charge is -2.05. The van der Waals surface area contributed by atoms with Crippen molar-refractivity contribution in [1.82, 2.24) is 20.3 Å². The van der Waals surface area contributed by atoms with Crippen LogP contribution in [0.2, 0.25) is 0 Å². The highest BCUT2D eigenvalue weighted by atomic mass is 32.2. The number of para-hydroxylation sites is 1. The Balaban J connectivity index is 1.89. The minimum atomic E-state index is 0.828. The lowest BCUT2D eigenvalue weighted by atomic mass is 10.2. The maximum Gasteiger partial charge on any atom is 0.117 e. The molecule has 5 heteroatoms. The molecule has 20 heavy (non-hydrogen) atoms. The van der Waals surface area contributed by atoms with Gasteiger partial charge in [0, 0.05) is 18.1 Å². The van der Waals surface area contributed by atoms with Crippen molar-refractivity contribution in [2.24, 2.45) is 0 Å². The topological polar surface area (TPSA) is 50.7 Å². The normalized spacial score (nSPS) is 10.8. The quantitative estimate of drug-likeness (QED) is 0.746. The highest BCUT2D eigenvalue weighted by Crippen LogP contribution is 2.29. The second kappa shape index (κ2) is 5.98. The Hall–Kier alpha value is -1.98. The van der Waals surface area contributed by atoms with Crippen molar-refractivity contribution < 1.29 is 0 Å². The number of rotatable bonds is 4. The van der Waals surface area contributed by atoms with Gasteiger partial charge in [-0.2, -0.15) is 0 Å². The van der Waals surface area contributed by atoms with Crippen molar-refractivity contribution in [1.29, 1.82) is 0 Å². The molecule has 3 rings (SSSR count). The van der Waals surface area contributed by atoms with Crippen LogP contribution in [0, 0.1) is 0 Å². The molecule has 0 unspecified atom stereocenters. The van der Waals surface area contributed by atoms with E-state index in [4.69, 9.17) is 0 Å². The third-order valence-corrected chi connectivity index (χ3v) is 3.86. The van der Waals surface area contributed by atoms with E-state index in [1.807, 2.05) is 43.6 Å². The number of hydrogen-bond acceptors (Lipinski definition) is 5. The highest BCUT2D eigenvalue weighted by molar-refractivity contribution is 7.99. The molecule has 2 aromatic heterocycles. The number of fused-ring (bicyclic) bond motifs is 1. The molecule has 100 valence electrons. The van der Waals surface area contributed by atoms with Crippen LogP contribution < -0.4 is 5.32 Å². The van der Waals surface area contributed by atoms with Crippen molar-refractivity contribution >= 4 is 22.7 Å². The van der Waals surface area contributed by atoms with Gasteiger partial charge in [0.05, 0.1) is 5.52 Å². The first kappa shape index (κ1) is 13.0. The van der Waals surface area contributed by atoms with Gasteiger partial charge in [0.25, 0.3) is 0 Å². The Labute approximate surface area is 121 Å². The van der Waals surface area contributed by atoms with Crippen LogP contribution in [-0.4, -0.2) is 22.0 Å². The van der Waals surface area contributed by atoms with Gasteiger partial charge in [0.15, 0.2) is 0 Å². The number of aromatic nitrogens is 3. The predicted molar refractivity (Wildman–Crippen MR) is 80.7 cm³/mol. The monoisotopic (exact) mass is 282 g/mol. The molecule has 1 N–H and O–H groups in total. The molecular formula is C15H14N4S. The Morgan fingerprint density at radius 1 is 1.05 bits per heavy atom. The minimum Gasteiger partial charge on any atom is -0.316 e. The summed E-state index contributed by atoms with van der Waals surface area (Å²) in [4.78, 5) is 13.1. The number of nitrogens with zero attached hydrogens (tertiary/aromatic N) is 3. The zero-order chi connectivity index (χ0) is 13.8. The summed E-state index contributed by atoms with van der Waals surface area (Å²) >= 11 is 1.56. The molecule has 0 fully saturated rings. The maximum atomic E-state index is 4.46. The summed E-state index contributed by atoms with van der Waals surface area (Å²) < 4.78 is 0. The van der Waals surface area contributed by atoms with E-state index in [1.165, 1.54) is 5.56 Å². The first-order valence-electron chi connectivity index (χ1n) is 6.34. The molecule has 1 aromatic carbocycles. The Bertz CT molecular complexity index is 707. The maximum absolute atomic E-state index is 4.46. The molecule has 3 aromatic rings. The van der Waals surface area contributed by atoms with Crippen molar-refractivity contribution in [3.05, 3.63) is 54.5 Å². The summed E-state index contributed by atoms with van der Waals surface area (Å²) in [6.45, 7) is 0.828. The molecule has 0 aliphatic carbocycles. The van der Waals surface area contributed by atoms with Crippen LogP contribution >= 0.6 is 11.8 Å². The number of benzene rings is 1. The third kappa shape index (κ3) is 2.79. The van der Waals surface area contributed by atoms with E-state index < -0.39 is 0 Å². The van der Waals surface area contributed by atoms with Crippen LogP contribution in [0.15, 0.2) is 59.0 Å². The van der Waals surface area contributed by atoms with Crippen LogP contribution in [0.3, 0.4) is 0 Å². The summed E-state index contributed by atoms with van der Waals surface area (Å²) in [5.74, 6) is 0. The smallest absolute Gasteiger partial charge is 0.117 e. The van der Waals surface area contributed by atoms with Gasteiger partial charge >= 0.3 is 0 Å². The van der Waals surface area contributed by atoms with Crippen LogP contribution in [0.5, 0.6) is 0 Å². The lowest BCUT2D eigenvalue weighted by Crippen LogP contribution is -2.05. The SMILES string of the molecule is CNCc1ccc(Sc2ncnc3ccccc23)nc1. The molecule has 4 nitrogen and oxygen atoms in total. The van der Waals surface area contributed by atoms with Gasteiger partial charge in [-0.15, -0.1) is 0 Å². The predicted octanol–water partition coefficient (Wildman–Crippen LogP) is 2.90. The zero-order valence-corrected chi connectivity index (χ0v) is 11.9. The second-order valence-corrected chi connectivity index (χ2v) is 5.34. The average Bonchev–Trinajstić information content (AvgIpc) is 2.50. The third-order valence-electron chi connectivity index (χ3n) is 2.89. The Morgan fingerprint density at radius 2 is 1.95 bits per heavy atom. The van der Waals surface area contributed by atoms with Crippen molar-refractivity contribution in [2.75, 3.05) is 7.05 Å². The highest BCUT2D eigenvalue weighted by Gasteiger charge is 2.06. The van der Waals surface area contributed by atoms with Crippen molar-refractivity contribution in [3.8, 4) is 0 Å². The molecule has 2 heterocycles. The molecule has 0 saturated heterocycles. The Morgan fingerprint density at radius 3 is 2.75 bits per heavy atom. The lowest BCUT2D eigenvalue weighted by molar-refractivity contribution is 0.809. The van der Waals surface area contributed by atoms with Crippen molar-refractivity contribution in [2.45, 2.75) is 16.6 Å². The molecule has 0 bridgehead atoms. The minimum absolute atomic E-state index is 0.828. The van der Waals surface area contributed by atoms with E-state index in [2.05, 4.69) is 26.3 Å². The van der Waals surface area contributed by atoms with Gasteiger partial charge < -0.3 is 5.32 Å². The Kier molecular flexibility index (Phi) is 3.90. The van der Waals surface area contributed by atoms with Crippen LogP contribution in [0.25, 0.3) is 10.9 Å². The van der Waals surface area contributed by atoms with Gasteiger partial charge in [-0.1, -0.05) is 24.3 Å². The van der Waals surface area contributed by atoms with Gasteiger partial charge in [-0.3, -0.25) is 0 Å². The first-order valence-corrected chi connectivity index (χ1v) is 7.15. The van der Waals surface area contributed by atoms with Crippen LogP contribution in [0.1, 0.15) is 5.56 Å². The molecule has 0 atom stereocenters. The van der Waals surface area contributed by atoms with E-state index in [-0.39, 0.29) is 0 Å². The van der Waals surface area contributed by atoms with Crippen molar-refractivity contribution in [3.63, 3.8) is 0 Å². The van der Waals surface area contributed by atoms with Gasteiger partial charge in [0.2, 0.25) is 0 Å². The summed E-state index contributed by atoms with van der Waals surface area (Å²) in [6.07, 6.45) is 3.49. The zero-order valence-electron chi connectivity index (χ0n) is 11.1. The van der Waals surface area contributed by atoms with E-state index in [9.17, 15) is 0 Å². The molecular weight excluding hydrogens is 268 g/mol. The van der Waals surface area contributed by atoms with E-state index in [1.54, 1.807) is 18.1 Å². The molecule has 0 spiro atoms. The van der Waals surface area contributed by atoms with E-state index >= 15 is 0 Å². The molecule has 0 aliphatic rings. The summed E-state index contributed by atoms with van der Waals surface area (Å²) in [5, 5.41) is 6.04. The number of hydrogen-bond donors (Lipinski definition) is 1. The average molecular weight is 282 g/mol. The summed E-state index contributed by atoms with van der Waals surface area (Å²) in [7, 11) is 1.93. The van der Waals surface area contributed by atoms with Crippen LogP contribution in [0.4, 0.5) is 0 Å². The van der Waals surface area contributed by atoms with Gasteiger partial charge in [-0.25, -0.2) is 15.0 Å². The van der Waals surface area contributed by atoms with E-state index in [0.717, 1.165) is 27.5 Å². The molecule has 0 saturated carbocycles. The first-order chi connectivity index (χ1) is 9.86. The standard InChI is InChI=1S/C15H14N4S/c1-16-8-11-6-7-14(17-9-11)20-15-12-4-2-3-5-13(12)18-10-19-15/h2-7,9-10,16H,8H2,1H3. The molecule has 0 amide bonds. The summed E-state index contributed by atoms with van der Waals surface area (Å²) in [6, 6.07) is 12.1. The fourth-order valence-electron chi connectivity index (χ4n) is 1.94. The second-order valence-electron chi connectivity index (χ2n) is 4.33. The van der Waals surface area contributed by atoms with Crippen LogP contribution in [-0.2, 0) is 6.54 Å². The number of pyridine rings is 1. The molecule has 0 radical (unpaired) electrons. The summed E-state index contributed by atoms with van der Waals surface area (Å²) in [5.41, 5.74) is 2.13. The number of nitrogens with one attached hydrogen (secondary N) is 1. The fraction of sp³-hybridized carbons (Fsp3) is 0.133. The largest absolute Gasteiger partial charge is 0.316 e. The molecule has 0 aliphatic heterocycles.